The molecule has 1 saturated heterocycles. The number of rotatable bonds is 5. The molecular weight excluding hydrogens is 458 g/mol. The number of hydrogen-bond donors (Lipinski definition) is 2. The maximum Gasteiger partial charge on any atom is 0.138 e. The smallest absolute Gasteiger partial charge is 0.138 e. The van der Waals surface area contributed by atoms with Crippen molar-refractivity contribution >= 4 is 21.9 Å². The molecule has 7 nitrogen and oxygen atoms in total. The molecule has 1 fully saturated rings. The first-order chi connectivity index (χ1) is 18.3. The summed E-state index contributed by atoms with van der Waals surface area (Å²) in [5, 5.41) is 9.95. The first kappa shape index (κ1) is 21.9. The third kappa shape index (κ3) is 4.17. The molecule has 37 heavy (non-hydrogen) atoms. The van der Waals surface area contributed by atoms with Crippen LogP contribution in [-0.2, 0) is 6.54 Å². The van der Waals surface area contributed by atoms with Crippen molar-refractivity contribution in [1.82, 2.24) is 35.0 Å². The van der Waals surface area contributed by atoms with Gasteiger partial charge in [-0.3, -0.25) is 20.0 Å². The largest absolute Gasteiger partial charge is 0.338 e. The molecule has 1 aliphatic rings. The summed E-state index contributed by atoms with van der Waals surface area (Å²) in [6.45, 7) is 3.31. The van der Waals surface area contributed by atoms with Gasteiger partial charge >= 0.3 is 0 Å². The second-order valence-corrected chi connectivity index (χ2v) is 9.77. The SMILES string of the molecule is c1ccc(-c2ccnc3[nH]c(-c4n[nH]c5ccc(-c6cncc(CN7CCCCC7)c6)cc45)cc23)nc1. The van der Waals surface area contributed by atoms with Crippen LogP contribution in [0.3, 0.4) is 0 Å². The van der Waals surface area contributed by atoms with Crippen molar-refractivity contribution < 1.29 is 0 Å². The lowest BCUT2D eigenvalue weighted by Crippen LogP contribution is -2.29. The Morgan fingerprint density at radius 3 is 2.65 bits per heavy atom. The first-order valence-electron chi connectivity index (χ1n) is 12.9. The molecule has 0 radical (unpaired) electrons. The van der Waals surface area contributed by atoms with E-state index in [-0.39, 0.29) is 0 Å². The summed E-state index contributed by atoms with van der Waals surface area (Å²) in [5.74, 6) is 0. The lowest BCUT2D eigenvalue weighted by atomic mass is 10.0. The van der Waals surface area contributed by atoms with Crippen LogP contribution in [0.15, 0.2) is 79.4 Å². The fourth-order valence-corrected chi connectivity index (χ4v) is 5.41. The Kier molecular flexibility index (Phi) is 5.48. The second-order valence-electron chi connectivity index (χ2n) is 9.77. The molecule has 0 spiro atoms. The molecule has 7 heteroatoms. The number of H-pyrrole nitrogens is 2. The van der Waals surface area contributed by atoms with Gasteiger partial charge in [0, 0.05) is 53.2 Å². The van der Waals surface area contributed by atoms with Gasteiger partial charge in [0.2, 0.25) is 0 Å². The van der Waals surface area contributed by atoms with Gasteiger partial charge in [0.15, 0.2) is 0 Å². The van der Waals surface area contributed by atoms with Crippen molar-refractivity contribution in [2.75, 3.05) is 13.1 Å². The van der Waals surface area contributed by atoms with Crippen molar-refractivity contribution in [2.24, 2.45) is 0 Å². The lowest BCUT2D eigenvalue weighted by molar-refractivity contribution is 0.220. The van der Waals surface area contributed by atoms with Gasteiger partial charge in [-0.25, -0.2) is 4.98 Å². The van der Waals surface area contributed by atoms with E-state index < -0.39 is 0 Å². The Bertz CT molecular complexity index is 1690. The number of fused-ring (bicyclic) bond motifs is 2. The molecule has 1 aromatic carbocycles. The van der Waals surface area contributed by atoms with Gasteiger partial charge in [-0.15, -0.1) is 0 Å². The number of nitrogens with zero attached hydrogens (tertiary/aromatic N) is 5. The molecule has 0 amide bonds. The van der Waals surface area contributed by atoms with Gasteiger partial charge < -0.3 is 4.98 Å². The summed E-state index contributed by atoms with van der Waals surface area (Å²) in [5.41, 5.74) is 9.09. The predicted molar refractivity (Wildman–Crippen MR) is 147 cm³/mol. The van der Waals surface area contributed by atoms with Crippen LogP contribution in [0.25, 0.3) is 55.7 Å². The van der Waals surface area contributed by atoms with E-state index in [4.69, 9.17) is 0 Å². The highest BCUT2D eigenvalue weighted by molar-refractivity contribution is 6.00. The molecule has 182 valence electrons. The minimum Gasteiger partial charge on any atom is -0.338 e. The quantitative estimate of drug-likeness (QED) is 0.303. The van der Waals surface area contributed by atoms with E-state index in [0.717, 1.165) is 62.3 Å². The maximum absolute atomic E-state index is 4.67. The summed E-state index contributed by atoms with van der Waals surface area (Å²) < 4.78 is 0. The van der Waals surface area contributed by atoms with Gasteiger partial charge in [0.05, 0.1) is 16.9 Å². The van der Waals surface area contributed by atoms with Crippen LogP contribution in [0.5, 0.6) is 0 Å². The number of aromatic amines is 2. The average molecular weight is 486 g/mol. The number of pyridine rings is 3. The first-order valence-corrected chi connectivity index (χ1v) is 12.9. The van der Waals surface area contributed by atoms with E-state index in [1.54, 1.807) is 0 Å². The molecule has 0 atom stereocenters. The number of benzene rings is 1. The Balaban J connectivity index is 1.26. The van der Waals surface area contributed by atoms with Crippen molar-refractivity contribution in [3.05, 3.63) is 84.9 Å². The van der Waals surface area contributed by atoms with Crippen LogP contribution < -0.4 is 0 Å². The molecule has 2 N–H and O–H groups in total. The second kappa shape index (κ2) is 9.26. The Hall–Kier alpha value is -4.36. The topological polar surface area (TPSA) is 86.4 Å². The Labute approximate surface area is 214 Å². The molecule has 7 rings (SSSR count). The van der Waals surface area contributed by atoms with E-state index in [9.17, 15) is 0 Å². The van der Waals surface area contributed by atoms with E-state index in [1.165, 1.54) is 37.9 Å². The van der Waals surface area contributed by atoms with Crippen LogP contribution in [0.4, 0.5) is 0 Å². The van der Waals surface area contributed by atoms with Crippen LogP contribution in [0.1, 0.15) is 24.8 Å². The maximum atomic E-state index is 4.67. The van der Waals surface area contributed by atoms with Gasteiger partial charge in [-0.2, -0.15) is 5.10 Å². The minimum absolute atomic E-state index is 0.820. The van der Waals surface area contributed by atoms with Crippen molar-refractivity contribution in [3.63, 3.8) is 0 Å². The van der Waals surface area contributed by atoms with Gasteiger partial charge in [0.1, 0.15) is 11.3 Å². The zero-order chi connectivity index (χ0) is 24.6. The van der Waals surface area contributed by atoms with Crippen LogP contribution in [0, 0.1) is 0 Å². The van der Waals surface area contributed by atoms with E-state index in [1.807, 2.05) is 49.1 Å². The van der Waals surface area contributed by atoms with Crippen molar-refractivity contribution in [3.8, 4) is 33.8 Å². The normalized spacial score (nSPS) is 14.5. The monoisotopic (exact) mass is 485 g/mol. The average Bonchev–Trinajstić information content (AvgIpc) is 3.58. The number of hydrogen-bond acceptors (Lipinski definition) is 5. The van der Waals surface area contributed by atoms with Crippen LogP contribution >= 0.6 is 0 Å². The molecule has 6 aromatic rings. The number of aromatic nitrogens is 6. The summed E-state index contributed by atoms with van der Waals surface area (Å²) in [4.78, 5) is 19.7. The van der Waals surface area contributed by atoms with Crippen LogP contribution in [-0.4, -0.2) is 48.1 Å². The fourth-order valence-electron chi connectivity index (χ4n) is 5.41. The molecule has 6 heterocycles. The van der Waals surface area contributed by atoms with Gasteiger partial charge in [0.25, 0.3) is 0 Å². The molecule has 0 unspecified atom stereocenters. The highest BCUT2D eigenvalue weighted by Crippen LogP contribution is 2.34. The Morgan fingerprint density at radius 1 is 0.811 bits per heavy atom. The third-order valence-electron chi connectivity index (χ3n) is 7.27. The number of piperidine rings is 1. The molecule has 5 aromatic heterocycles. The molecule has 0 bridgehead atoms. The van der Waals surface area contributed by atoms with Crippen molar-refractivity contribution in [1.29, 1.82) is 0 Å². The van der Waals surface area contributed by atoms with Gasteiger partial charge in [-0.05, 0) is 79.5 Å². The zero-order valence-electron chi connectivity index (χ0n) is 20.5. The third-order valence-corrected chi connectivity index (χ3v) is 7.27. The summed E-state index contributed by atoms with van der Waals surface area (Å²) in [6.07, 6.45) is 11.5. The summed E-state index contributed by atoms with van der Waals surface area (Å²) in [7, 11) is 0. The van der Waals surface area contributed by atoms with E-state index in [2.05, 4.69) is 65.4 Å². The summed E-state index contributed by atoms with van der Waals surface area (Å²) in [6, 6.07) is 18.8. The highest BCUT2D eigenvalue weighted by atomic mass is 15.1. The Morgan fingerprint density at radius 2 is 1.76 bits per heavy atom. The van der Waals surface area contributed by atoms with Crippen LogP contribution in [0.2, 0.25) is 0 Å². The minimum atomic E-state index is 0.820. The number of likely N-dealkylation sites (tertiary alicyclic amines) is 1. The van der Waals surface area contributed by atoms with E-state index in [0.29, 0.717) is 0 Å². The molecular formula is C30H27N7. The summed E-state index contributed by atoms with van der Waals surface area (Å²) >= 11 is 0. The fraction of sp³-hybridized carbons (Fsp3) is 0.200. The standard InChI is InChI=1S/C30H27N7/c1-4-12-37(13-5-1)19-20-14-22(18-31-17-20)21-7-8-27-25(15-21)29(36-35-27)28-16-24-23(9-11-33-30(24)34-28)26-6-2-3-10-32-26/h2-3,6-11,14-18H,1,4-5,12-13,19H2,(H,33,34)(H,35,36). The predicted octanol–water partition coefficient (Wildman–Crippen LogP) is 6.22. The highest BCUT2D eigenvalue weighted by Gasteiger charge is 2.16. The van der Waals surface area contributed by atoms with Crippen molar-refractivity contribution in [2.45, 2.75) is 25.8 Å². The molecule has 0 saturated carbocycles. The lowest BCUT2D eigenvalue weighted by Gasteiger charge is -2.26. The number of nitrogens with one attached hydrogen (secondary N) is 2. The molecule has 0 aliphatic carbocycles. The zero-order valence-corrected chi connectivity index (χ0v) is 20.5. The molecule has 1 aliphatic heterocycles. The van der Waals surface area contributed by atoms with E-state index >= 15 is 0 Å². The van der Waals surface area contributed by atoms with Gasteiger partial charge in [-0.1, -0.05) is 18.6 Å².